The molecular formula is C21H27N5O2S. The van der Waals surface area contributed by atoms with Crippen LogP contribution in [0.3, 0.4) is 0 Å². The van der Waals surface area contributed by atoms with E-state index < -0.39 is 0 Å². The highest BCUT2D eigenvalue weighted by Gasteiger charge is 2.24. The number of nitrogens with zero attached hydrogens (tertiary/aromatic N) is 4. The van der Waals surface area contributed by atoms with E-state index in [0.717, 1.165) is 65.0 Å². The molecule has 0 bridgehead atoms. The fourth-order valence-corrected chi connectivity index (χ4v) is 4.74. The quantitative estimate of drug-likeness (QED) is 0.667. The molecule has 0 unspecified atom stereocenters. The third-order valence-corrected chi connectivity index (χ3v) is 6.52. The minimum Gasteiger partial charge on any atom is -0.497 e. The van der Waals surface area contributed by atoms with Crippen molar-refractivity contribution in [2.24, 2.45) is 0 Å². The number of methoxy groups -OCH3 is 1. The molecule has 0 atom stereocenters. The molecule has 1 fully saturated rings. The molecule has 1 N–H and O–H groups in total. The van der Waals surface area contributed by atoms with E-state index in [1.165, 1.54) is 0 Å². The summed E-state index contributed by atoms with van der Waals surface area (Å²) < 4.78 is 8.28. The fourth-order valence-electron chi connectivity index (χ4n) is 3.70. The molecule has 0 aliphatic carbocycles. The van der Waals surface area contributed by atoms with Crippen molar-refractivity contribution in [1.29, 1.82) is 0 Å². The maximum absolute atomic E-state index is 11.8. The van der Waals surface area contributed by atoms with Crippen LogP contribution >= 0.6 is 11.3 Å². The van der Waals surface area contributed by atoms with Crippen molar-refractivity contribution in [2.75, 3.05) is 25.1 Å². The van der Waals surface area contributed by atoms with E-state index in [0.29, 0.717) is 6.42 Å². The Balaban J connectivity index is 1.50. The topological polar surface area (TPSA) is 72.3 Å². The molecule has 4 rings (SSSR count). The number of nitrogens with one attached hydrogen (secondary N) is 1. The molecule has 29 heavy (non-hydrogen) atoms. The van der Waals surface area contributed by atoms with Crippen LogP contribution in [0, 0.1) is 6.92 Å². The smallest absolute Gasteiger partial charge is 0.220 e. The largest absolute Gasteiger partial charge is 0.497 e. The Labute approximate surface area is 174 Å². The van der Waals surface area contributed by atoms with Gasteiger partial charge in [0.15, 0.2) is 10.8 Å². The Kier molecular flexibility index (Phi) is 5.71. The highest BCUT2D eigenvalue weighted by molar-refractivity contribution is 7.22. The van der Waals surface area contributed by atoms with Gasteiger partial charge in [-0.1, -0.05) is 18.3 Å². The molecule has 1 saturated heterocycles. The molecule has 1 amide bonds. The van der Waals surface area contributed by atoms with Crippen molar-refractivity contribution < 1.29 is 9.53 Å². The van der Waals surface area contributed by atoms with Crippen LogP contribution in [0.5, 0.6) is 5.75 Å². The number of rotatable bonds is 6. The van der Waals surface area contributed by atoms with Gasteiger partial charge in [0.25, 0.3) is 0 Å². The van der Waals surface area contributed by atoms with Gasteiger partial charge in [-0.3, -0.25) is 4.79 Å². The molecule has 3 aromatic rings. The van der Waals surface area contributed by atoms with Crippen molar-refractivity contribution in [3.8, 4) is 11.4 Å². The molecule has 2 aromatic heterocycles. The van der Waals surface area contributed by atoms with Crippen LogP contribution in [0.4, 0.5) is 5.13 Å². The first kappa shape index (κ1) is 19.7. The molecule has 3 heterocycles. The van der Waals surface area contributed by atoms with Crippen LogP contribution in [0.2, 0.25) is 0 Å². The standard InChI is InChI=1S/C21H27N5O2S/c1-4-5-18(27)22-15-10-12-25(13-11-15)21-23-20-19(29-21)14(2)24-26(20)16-6-8-17(28-3)9-7-16/h6-9,15H,4-5,10-13H2,1-3H3,(H,22,27). The van der Waals surface area contributed by atoms with E-state index in [9.17, 15) is 4.79 Å². The second-order valence-corrected chi connectivity index (χ2v) is 8.40. The molecule has 1 aliphatic rings. The van der Waals surface area contributed by atoms with Gasteiger partial charge in [0.05, 0.1) is 23.2 Å². The average Bonchev–Trinajstić information content (AvgIpc) is 3.29. The van der Waals surface area contributed by atoms with Gasteiger partial charge in [0, 0.05) is 25.6 Å². The number of piperidine rings is 1. The minimum absolute atomic E-state index is 0.168. The van der Waals surface area contributed by atoms with E-state index in [1.54, 1.807) is 18.4 Å². The number of carbonyl (C=O) groups is 1. The predicted octanol–water partition coefficient (Wildman–Crippen LogP) is 3.68. The summed E-state index contributed by atoms with van der Waals surface area (Å²) in [7, 11) is 1.66. The normalized spacial score (nSPS) is 15.1. The lowest BCUT2D eigenvalue weighted by molar-refractivity contribution is -0.121. The van der Waals surface area contributed by atoms with E-state index in [2.05, 4.69) is 15.3 Å². The Morgan fingerprint density at radius 1 is 1.28 bits per heavy atom. The van der Waals surface area contributed by atoms with Crippen molar-refractivity contribution in [1.82, 2.24) is 20.1 Å². The summed E-state index contributed by atoms with van der Waals surface area (Å²) in [5.41, 5.74) is 2.85. The van der Waals surface area contributed by atoms with Crippen molar-refractivity contribution in [3.63, 3.8) is 0 Å². The second kappa shape index (κ2) is 8.41. The van der Waals surface area contributed by atoms with Crippen LogP contribution < -0.4 is 15.0 Å². The first-order valence-corrected chi connectivity index (χ1v) is 11.0. The molecule has 8 heteroatoms. The average molecular weight is 414 g/mol. The number of thiazole rings is 1. The maximum atomic E-state index is 11.8. The molecule has 0 spiro atoms. The van der Waals surface area contributed by atoms with Gasteiger partial charge < -0.3 is 15.0 Å². The number of anilines is 1. The monoisotopic (exact) mass is 413 g/mol. The first-order chi connectivity index (χ1) is 14.1. The molecule has 1 aliphatic heterocycles. The zero-order chi connectivity index (χ0) is 20.4. The van der Waals surface area contributed by atoms with Crippen molar-refractivity contribution in [2.45, 2.75) is 45.6 Å². The first-order valence-electron chi connectivity index (χ1n) is 10.1. The number of hydrogen-bond acceptors (Lipinski definition) is 6. The molecule has 1 aromatic carbocycles. The van der Waals surface area contributed by atoms with Gasteiger partial charge in [0.1, 0.15) is 5.75 Å². The predicted molar refractivity (Wildman–Crippen MR) is 116 cm³/mol. The lowest BCUT2D eigenvalue weighted by Crippen LogP contribution is -2.44. The molecule has 7 nitrogen and oxygen atoms in total. The lowest BCUT2D eigenvalue weighted by atomic mass is 10.1. The summed E-state index contributed by atoms with van der Waals surface area (Å²) in [5, 5.41) is 8.87. The minimum atomic E-state index is 0.168. The fraction of sp³-hybridized carbons (Fsp3) is 0.476. The number of aromatic nitrogens is 3. The van der Waals surface area contributed by atoms with Crippen LogP contribution in [0.1, 0.15) is 38.3 Å². The maximum Gasteiger partial charge on any atom is 0.220 e. The summed E-state index contributed by atoms with van der Waals surface area (Å²) in [6.07, 6.45) is 3.41. The Hall–Kier alpha value is -2.61. The molecular weight excluding hydrogens is 386 g/mol. The van der Waals surface area contributed by atoms with Gasteiger partial charge in [-0.25, -0.2) is 4.68 Å². The number of amides is 1. The van der Waals surface area contributed by atoms with Gasteiger partial charge in [0.2, 0.25) is 5.91 Å². The summed E-state index contributed by atoms with van der Waals surface area (Å²) in [5.74, 6) is 0.989. The summed E-state index contributed by atoms with van der Waals surface area (Å²) >= 11 is 1.70. The highest BCUT2D eigenvalue weighted by Crippen LogP contribution is 2.34. The van der Waals surface area contributed by atoms with E-state index in [-0.39, 0.29) is 11.9 Å². The van der Waals surface area contributed by atoms with Crippen LogP contribution in [0.15, 0.2) is 24.3 Å². The number of fused-ring (bicyclic) bond motifs is 1. The Morgan fingerprint density at radius 2 is 2.00 bits per heavy atom. The lowest BCUT2D eigenvalue weighted by Gasteiger charge is -2.32. The Morgan fingerprint density at radius 3 is 2.66 bits per heavy atom. The SMILES string of the molecule is CCCC(=O)NC1CCN(c2nc3c(s2)c(C)nn3-c2ccc(OC)cc2)CC1. The number of hydrogen-bond donors (Lipinski definition) is 1. The van der Waals surface area contributed by atoms with Crippen molar-refractivity contribution in [3.05, 3.63) is 30.0 Å². The third kappa shape index (κ3) is 4.07. The zero-order valence-electron chi connectivity index (χ0n) is 17.1. The van der Waals surface area contributed by atoms with E-state index in [4.69, 9.17) is 9.72 Å². The molecule has 0 saturated carbocycles. The number of carbonyl (C=O) groups excluding carboxylic acids is 1. The number of aryl methyl sites for hydroxylation is 1. The Bertz CT molecular complexity index is 987. The van der Waals surface area contributed by atoms with E-state index >= 15 is 0 Å². The molecule has 154 valence electrons. The zero-order valence-corrected chi connectivity index (χ0v) is 18.0. The van der Waals surface area contributed by atoms with Gasteiger partial charge >= 0.3 is 0 Å². The summed E-state index contributed by atoms with van der Waals surface area (Å²) in [6.45, 7) is 5.87. The summed E-state index contributed by atoms with van der Waals surface area (Å²) in [4.78, 5) is 19.1. The molecule has 0 radical (unpaired) electrons. The van der Waals surface area contributed by atoms with Crippen LogP contribution in [-0.4, -0.2) is 46.9 Å². The van der Waals surface area contributed by atoms with Gasteiger partial charge in [-0.2, -0.15) is 10.1 Å². The summed E-state index contributed by atoms with van der Waals surface area (Å²) in [6, 6.07) is 8.13. The van der Waals surface area contributed by atoms with Gasteiger partial charge in [-0.15, -0.1) is 0 Å². The third-order valence-electron chi connectivity index (χ3n) is 5.30. The number of ether oxygens (including phenoxy) is 1. The van der Waals surface area contributed by atoms with E-state index in [1.807, 2.05) is 42.8 Å². The number of benzene rings is 1. The van der Waals surface area contributed by atoms with Gasteiger partial charge in [-0.05, 0) is 50.5 Å². The highest BCUT2D eigenvalue weighted by atomic mass is 32.1. The second-order valence-electron chi connectivity index (χ2n) is 7.42. The van der Waals surface area contributed by atoms with Crippen LogP contribution in [-0.2, 0) is 4.79 Å². The van der Waals surface area contributed by atoms with Crippen LogP contribution in [0.25, 0.3) is 16.0 Å². The van der Waals surface area contributed by atoms with Crippen molar-refractivity contribution >= 4 is 32.7 Å².